The number of amides is 2. The number of pyridine rings is 1. The van der Waals surface area contributed by atoms with Gasteiger partial charge in [0.15, 0.2) is 0 Å². The van der Waals surface area contributed by atoms with Crippen LogP contribution in [0.1, 0.15) is 24.9 Å². The summed E-state index contributed by atoms with van der Waals surface area (Å²) in [5.74, 6) is -0.923. The van der Waals surface area contributed by atoms with Gasteiger partial charge in [-0.2, -0.15) is 0 Å². The monoisotopic (exact) mass is 327 g/mol. The first-order valence-corrected chi connectivity index (χ1v) is 7.71. The third-order valence-electron chi connectivity index (χ3n) is 3.75. The first kappa shape index (κ1) is 17.5. The summed E-state index contributed by atoms with van der Waals surface area (Å²) in [6, 6.07) is 11.3. The smallest absolute Gasteiger partial charge is 0.317 e. The Bertz CT molecular complexity index is 686. The molecule has 0 aliphatic heterocycles. The molecule has 1 aromatic carbocycles. The Kier molecular flexibility index (Phi) is 5.89. The number of carbonyl (C=O) groups is 2. The highest BCUT2D eigenvalue weighted by Crippen LogP contribution is 2.21. The second kappa shape index (κ2) is 8.10. The van der Waals surface area contributed by atoms with E-state index in [-0.39, 0.29) is 25.0 Å². The number of aromatic nitrogens is 1. The number of benzene rings is 1. The van der Waals surface area contributed by atoms with Crippen LogP contribution in [0.25, 0.3) is 11.1 Å². The number of hydrogen-bond donors (Lipinski definition) is 2. The SMILES string of the molecule is CC(NC(=O)N(C)CCC(=O)O)c1ccc(-c2cccnc2)cc1. The molecule has 24 heavy (non-hydrogen) atoms. The zero-order valence-corrected chi connectivity index (χ0v) is 13.8. The molecule has 0 bridgehead atoms. The van der Waals surface area contributed by atoms with Crippen molar-refractivity contribution in [2.75, 3.05) is 13.6 Å². The van der Waals surface area contributed by atoms with Gasteiger partial charge in [-0.25, -0.2) is 4.79 Å². The third kappa shape index (κ3) is 4.81. The van der Waals surface area contributed by atoms with E-state index in [1.165, 1.54) is 4.90 Å². The first-order chi connectivity index (χ1) is 11.5. The molecule has 0 spiro atoms. The van der Waals surface area contributed by atoms with Gasteiger partial charge in [-0.1, -0.05) is 30.3 Å². The molecule has 6 heteroatoms. The number of nitrogens with one attached hydrogen (secondary N) is 1. The third-order valence-corrected chi connectivity index (χ3v) is 3.75. The maximum absolute atomic E-state index is 12.0. The molecule has 2 amide bonds. The molecule has 0 fully saturated rings. The zero-order valence-electron chi connectivity index (χ0n) is 13.8. The molecule has 126 valence electrons. The topological polar surface area (TPSA) is 82.5 Å². The van der Waals surface area contributed by atoms with E-state index in [0.29, 0.717) is 0 Å². The second-order valence-corrected chi connectivity index (χ2v) is 5.60. The van der Waals surface area contributed by atoms with E-state index in [0.717, 1.165) is 16.7 Å². The van der Waals surface area contributed by atoms with Crippen LogP contribution in [0.3, 0.4) is 0 Å². The lowest BCUT2D eigenvalue weighted by atomic mass is 10.0. The number of carboxylic acid groups (broad SMARTS) is 1. The average Bonchev–Trinajstić information content (AvgIpc) is 2.60. The molecule has 0 aliphatic carbocycles. The van der Waals surface area contributed by atoms with E-state index < -0.39 is 5.97 Å². The summed E-state index contributed by atoms with van der Waals surface area (Å²) in [5, 5.41) is 11.5. The maximum atomic E-state index is 12.0. The highest BCUT2D eigenvalue weighted by Gasteiger charge is 2.14. The Hall–Kier alpha value is -2.89. The number of carboxylic acids is 1. The Morgan fingerprint density at radius 1 is 1.21 bits per heavy atom. The number of rotatable bonds is 6. The first-order valence-electron chi connectivity index (χ1n) is 7.71. The van der Waals surface area contributed by atoms with E-state index in [1.54, 1.807) is 19.4 Å². The molecule has 2 N–H and O–H groups in total. The van der Waals surface area contributed by atoms with Gasteiger partial charge in [0.05, 0.1) is 12.5 Å². The molecule has 1 unspecified atom stereocenters. The second-order valence-electron chi connectivity index (χ2n) is 5.60. The van der Waals surface area contributed by atoms with Crippen LogP contribution in [-0.2, 0) is 4.79 Å². The van der Waals surface area contributed by atoms with Crippen molar-refractivity contribution in [2.24, 2.45) is 0 Å². The van der Waals surface area contributed by atoms with Gasteiger partial charge in [-0.15, -0.1) is 0 Å². The van der Waals surface area contributed by atoms with Crippen molar-refractivity contribution in [3.63, 3.8) is 0 Å². The van der Waals surface area contributed by atoms with E-state index in [1.807, 2.05) is 43.3 Å². The fourth-order valence-corrected chi connectivity index (χ4v) is 2.24. The lowest BCUT2D eigenvalue weighted by molar-refractivity contribution is -0.137. The highest BCUT2D eigenvalue weighted by atomic mass is 16.4. The molecular weight excluding hydrogens is 306 g/mol. The zero-order chi connectivity index (χ0) is 17.5. The van der Waals surface area contributed by atoms with Crippen molar-refractivity contribution in [1.82, 2.24) is 15.2 Å². The van der Waals surface area contributed by atoms with E-state index in [9.17, 15) is 9.59 Å². The Labute approximate surface area is 141 Å². The van der Waals surface area contributed by atoms with Crippen LogP contribution in [0.4, 0.5) is 4.79 Å². The minimum Gasteiger partial charge on any atom is -0.481 e. The molecule has 0 aliphatic rings. The molecular formula is C18H21N3O3. The molecule has 0 radical (unpaired) electrons. The number of urea groups is 1. The summed E-state index contributed by atoms with van der Waals surface area (Å²) in [5.41, 5.74) is 3.07. The van der Waals surface area contributed by atoms with Gasteiger partial charge in [-0.3, -0.25) is 9.78 Å². The van der Waals surface area contributed by atoms with Crippen LogP contribution in [0, 0.1) is 0 Å². The quantitative estimate of drug-likeness (QED) is 0.854. The minimum absolute atomic E-state index is 0.0713. The summed E-state index contributed by atoms with van der Waals surface area (Å²) < 4.78 is 0. The van der Waals surface area contributed by atoms with Gasteiger partial charge in [0.2, 0.25) is 0 Å². The van der Waals surface area contributed by atoms with Crippen molar-refractivity contribution in [3.8, 4) is 11.1 Å². The summed E-state index contributed by atoms with van der Waals surface area (Å²) in [7, 11) is 1.58. The highest BCUT2D eigenvalue weighted by molar-refractivity contribution is 5.75. The number of aliphatic carboxylic acids is 1. The van der Waals surface area contributed by atoms with Gasteiger partial charge < -0.3 is 15.3 Å². The lowest BCUT2D eigenvalue weighted by Gasteiger charge is -2.21. The largest absolute Gasteiger partial charge is 0.481 e. The maximum Gasteiger partial charge on any atom is 0.317 e. The van der Waals surface area contributed by atoms with Gasteiger partial charge in [0.1, 0.15) is 0 Å². The van der Waals surface area contributed by atoms with Crippen molar-refractivity contribution < 1.29 is 14.7 Å². The minimum atomic E-state index is -0.923. The molecule has 6 nitrogen and oxygen atoms in total. The van der Waals surface area contributed by atoms with Crippen LogP contribution in [0.2, 0.25) is 0 Å². The number of nitrogens with zero attached hydrogens (tertiary/aromatic N) is 2. The van der Waals surface area contributed by atoms with Crippen molar-refractivity contribution in [2.45, 2.75) is 19.4 Å². The van der Waals surface area contributed by atoms with Crippen LogP contribution in [0.15, 0.2) is 48.8 Å². The predicted molar refractivity (Wildman–Crippen MR) is 91.5 cm³/mol. The Morgan fingerprint density at radius 3 is 2.50 bits per heavy atom. The van der Waals surface area contributed by atoms with Gasteiger partial charge in [0, 0.05) is 26.0 Å². The standard InChI is InChI=1S/C18H21N3O3/c1-13(20-18(24)21(2)11-9-17(22)23)14-5-7-15(8-6-14)16-4-3-10-19-12-16/h3-8,10,12-13H,9,11H2,1-2H3,(H,20,24)(H,22,23). The Morgan fingerprint density at radius 2 is 1.92 bits per heavy atom. The van der Waals surface area contributed by atoms with Crippen molar-refractivity contribution >= 4 is 12.0 Å². The van der Waals surface area contributed by atoms with E-state index >= 15 is 0 Å². The van der Waals surface area contributed by atoms with Crippen molar-refractivity contribution in [1.29, 1.82) is 0 Å². The fourth-order valence-electron chi connectivity index (χ4n) is 2.24. The summed E-state index contributed by atoms with van der Waals surface area (Å²) in [4.78, 5) is 28.1. The average molecular weight is 327 g/mol. The molecule has 0 saturated carbocycles. The lowest BCUT2D eigenvalue weighted by Crippen LogP contribution is -2.39. The molecule has 1 atom stereocenters. The van der Waals surface area contributed by atoms with Gasteiger partial charge in [0.25, 0.3) is 0 Å². The van der Waals surface area contributed by atoms with E-state index in [4.69, 9.17) is 5.11 Å². The van der Waals surface area contributed by atoms with Crippen LogP contribution in [0.5, 0.6) is 0 Å². The summed E-state index contributed by atoms with van der Waals surface area (Å²) in [6.07, 6.45) is 3.46. The molecule has 2 aromatic rings. The molecule has 2 rings (SSSR count). The molecule has 0 saturated heterocycles. The van der Waals surface area contributed by atoms with Crippen LogP contribution >= 0.6 is 0 Å². The molecule has 1 heterocycles. The van der Waals surface area contributed by atoms with Crippen molar-refractivity contribution in [3.05, 3.63) is 54.4 Å². The van der Waals surface area contributed by atoms with Gasteiger partial charge in [-0.05, 0) is 29.7 Å². The van der Waals surface area contributed by atoms with Crippen LogP contribution in [-0.4, -0.2) is 40.6 Å². The predicted octanol–water partition coefficient (Wildman–Crippen LogP) is 2.93. The summed E-state index contributed by atoms with van der Waals surface area (Å²) in [6.45, 7) is 2.07. The summed E-state index contributed by atoms with van der Waals surface area (Å²) >= 11 is 0. The van der Waals surface area contributed by atoms with Crippen LogP contribution < -0.4 is 5.32 Å². The van der Waals surface area contributed by atoms with E-state index in [2.05, 4.69) is 10.3 Å². The number of carbonyl (C=O) groups excluding carboxylic acids is 1. The number of hydrogen-bond acceptors (Lipinski definition) is 3. The normalized spacial score (nSPS) is 11.6. The molecule has 1 aromatic heterocycles. The fraction of sp³-hybridized carbons (Fsp3) is 0.278. The Balaban J connectivity index is 1.96. The van der Waals surface area contributed by atoms with Gasteiger partial charge >= 0.3 is 12.0 Å².